The van der Waals surface area contributed by atoms with Crippen molar-refractivity contribution in [1.29, 1.82) is 0 Å². The van der Waals surface area contributed by atoms with Crippen molar-refractivity contribution in [1.82, 2.24) is 4.90 Å². The van der Waals surface area contributed by atoms with E-state index in [1.165, 1.54) is 5.56 Å². The molecule has 0 N–H and O–H groups in total. The summed E-state index contributed by atoms with van der Waals surface area (Å²) < 4.78 is 28.0. The summed E-state index contributed by atoms with van der Waals surface area (Å²) in [7, 11) is 6.68. The zero-order valence-electron chi connectivity index (χ0n) is 21.2. The molecule has 0 spiro atoms. The number of piperazine rings is 1. The third kappa shape index (κ3) is 4.66. The van der Waals surface area contributed by atoms with Crippen molar-refractivity contribution in [2.45, 2.75) is 6.54 Å². The van der Waals surface area contributed by atoms with E-state index in [4.69, 9.17) is 23.4 Å². The number of methoxy groups -OCH3 is 4. The topological polar surface area (TPSA) is 56.5 Å². The van der Waals surface area contributed by atoms with Gasteiger partial charge in [0.25, 0.3) is 0 Å². The second-order valence-corrected chi connectivity index (χ2v) is 8.81. The van der Waals surface area contributed by atoms with Gasteiger partial charge in [0.15, 0.2) is 22.8 Å². The van der Waals surface area contributed by atoms with E-state index in [0.717, 1.165) is 83.7 Å². The molecule has 7 heteroatoms. The summed E-state index contributed by atoms with van der Waals surface area (Å²) >= 11 is 0. The van der Waals surface area contributed by atoms with Crippen LogP contribution in [0.2, 0.25) is 0 Å². The average Bonchev–Trinajstić information content (AvgIpc) is 3.39. The lowest BCUT2D eigenvalue weighted by Gasteiger charge is -2.36. The van der Waals surface area contributed by atoms with Crippen molar-refractivity contribution in [3.05, 3.63) is 66.2 Å². The van der Waals surface area contributed by atoms with Crippen molar-refractivity contribution in [3.63, 3.8) is 0 Å². The molecule has 1 saturated heterocycles. The van der Waals surface area contributed by atoms with Gasteiger partial charge < -0.3 is 28.3 Å². The SMILES string of the molecule is COc1ccc(-c2cc3c(CN4CCN(c5ccc(OC)c(OC)c5)CC4)ccc(OC)c3o2)cc1. The van der Waals surface area contributed by atoms with Crippen molar-refractivity contribution in [2.24, 2.45) is 0 Å². The molecule has 3 aromatic carbocycles. The van der Waals surface area contributed by atoms with Crippen LogP contribution < -0.4 is 23.8 Å². The minimum Gasteiger partial charge on any atom is -0.497 e. The van der Waals surface area contributed by atoms with Crippen molar-refractivity contribution in [2.75, 3.05) is 59.5 Å². The number of nitrogens with zero attached hydrogens (tertiary/aromatic N) is 2. The van der Waals surface area contributed by atoms with Crippen LogP contribution in [-0.4, -0.2) is 59.5 Å². The van der Waals surface area contributed by atoms with E-state index in [-0.39, 0.29) is 0 Å². The maximum absolute atomic E-state index is 6.28. The van der Waals surface area contributed by atoms with Crippen molar-refractivity contribution >= 4 is 16.7 Å². The van der Waals surface area contributed by atoms with Crippen LogP contribution in [-0.2, 0) is 6.54 Å². The maximum Gasteiger partial charge on any atom is 0.176 e. The quantitative estimate of drug-likeness (QED) is 0.327. The summed E-state index contributed by atoms with van der Waals surface area (Å²) in [6.45, 7) is 4.66. The molecule has 188 valence electrons. The largest absolute Gasteiger partial charge is 0.497 e. The number of ether oxygens (including phenoxy) is 4. The van der Waals surface area contributed by atoms with Crippen molar-refractivity contribution < 1.29 is 23.4 Å². The van der Waals surface area contributed by atoms with Crippen LogP contribution in [0.1, 0.15) is 5.56 Å². The number of benzene rings is 3. The van der Waals surface area contributed by atoms with E-state index in [0.29, 0.717) is 0 Å². The van der Waals surface area contributed by atoms with Crippen molar-refractivity contribution in [3.8, 4) is 34.3 Å². The number of rotatable bonds is 8. The number of anilines is 1. The van der Waals surface area contributed by atoms with Gasteiger partial charge in [0.05, 0.1) is 28.4 Å². The van der Waals surface area contributed by atoms with E-state index in [2.05, 4.69) is 28.0 Å². The molecule has 1 aliphatic rings. The molecule has 1 aliphatic heterocycles. The highest BCUT2D eigenvalue weighted by atomic mass is 16.5. The fraction of sp³-hybridized carbons (Fsp3) is 0.310. The highest BCUT2D eigenvalue weighted by molar-refractivity contribution is 5.90. The van der Waals surface area contributed by atoms with Gasteiger partial charge in [-0.25, -0.2) is 0 Å². The minimum atomic E-state index is 0.742. The first-order chi connectivity index (χ1) is 17.6. The molecular formula is C29H32N2O5. The fourth-order valence-corrected chi connectivity index (χ4v) is 4.78. The zero-order chi connectivity index (χ0) is 25.1. The smallest absolute Gasteiger partial charge is 0.176 e. The van der Waals surface area contributed by atoms with Crippen LogP contribution >= 0.6 is 0 Å². The summed E-state index contributed by atoms with van der Waals surface area (Å²) in [6, 6.07) is 20.3. The molecule has 0 atom stereocenters. The molecule has 0 saturated carbocycles. The summed E-state index contributed by atoms with van der Waals surface area (Å²) in [5, 5.41) is 1.09. The summed E-state index contributed by atoms with van der Waals surface area (Å²) in [4.78, 5) is 4.88. The number of hydrogen-bond acceptors (Lipinski definition) is 7. The normalized spacial score (nSPS) is 14.2. The van der Waals surface area contributed by atoms with Gasteiger partial charge >= 0.3 is 0 Å². The molecule has 5 rings (SSSR count). The third-order valence-electron chi connectivity index (χ3n) is 6.83. The summed E-state index contributed by atoms with van der Waals surface area (Å²) in [5.74, 6) is 3.88. The molecule has 0 bridgehead atoms. The Balaban J connectivity index is 1.33. The van der Waals surface area contributed by atoms with Crippen LogP contribution in [0.4, 0.5) is 5.69 Å². The highest BCUT2D eigenvalue weighted by Gasteiger charge is 2.21. The molecule has 36 heavy (non-hydrogen) atoms. The van der Waals surface area contributed by atoms with Crippen LogP contribution in [0, 0.1) is 0 Å². The predicted octanol–water partition coefficient (Wildman–Crippen LogP) is 5.46. The third-order valence-corrected chi connectivity index (χ3v) is 6.83. The monoisotopic (exact) mass is 488 g/mol. The maximum atomic E-state index is 6.28. The second-order valence-electron chi connectivity index (χ2n) is 8.81. The Morgan fingerprint density at radius 2 is 1.39 bits per heavy atom. The first-order valence-corrected chi connectivity index (χ1v) is 12.1. The predicted molar refractivity (Wildman–Crippen MR) is 142 cm³/mol. The molecular weight excluding hydrogens is 456 g/mol. The van der Waals surface area contributed by atoms with Gasteiger partial charge in [-0.1, -0.05) is 6.07 Å². The molecule has 7 nitrogen and oxygen atoms in total. The molecule has 2 heterocycles. The molecule has 0 unspecified atom stereocenters. The lowest BCUT2D eigenvalue weighted by Crippen LogP contribution is -2.46. The lowest BCUT2D eigenvalue weighted by atomic mass is 10.1. The van der Waals surface area contributed by atoms with E-state index in [1.807, 2.05) is 42.5 Å². The van der Waals surface area contributed by atoms with Crippen LogP contribution in [0.3, 0.4) is 0 Å². The Bertz CT molecular complexity index is 1320. The van der Waals surface area contributed by atoms with Gasteiger partial charge in [-0.2, -0.15) is 0 Å². The molecule has 0 aliphatic carbocycles. The average molecular weight is 489 g/mol. The molecule has 1 fully saturated rings. The Morgan fingerprint density at radius 1 is 0.694 bits per heavy atom. The van der Waals surface area contributed by atoms with Gasteiger partial charge in [-0.3, -0.25) is 4.90 Å². The summed E-state index contributed by atoms with van der Waals surface area (Å²) in [5.41, 5.74) is 4.17. The van der Waals surface area contributed by atoms with Gasteiger partial charge in [0.1, 0.15) is 11.5 Å². The van der Waals surface area contributed by atoms with Crippen LogP contribution in [0.25, 0.3) is 22.3 Å². The van der Waals surface area contributed by atoms with Crippen LogP contribution in [0.15, 0.2) is 65.1 Å². The standard InChI is InChI=1S/C29H32N2O5/c1-32-23-9-5-20(6-10-23)27-18-24-21(7-11-26(34-3)29(24)36-27)19-30-13-15-31(16-14-30)22-8-12-25(33-2)28(17-22)35-4/h5-12,17-18H,13-16,19H2,1-4H3. The Kier molecular flexibility index (Phi) is 6.91. The minimum absolute atomic E-state index is 0.742. The highest BCUT2D eigenvalue weighted by Crippen LogP contribution is 2.37. The Labute approximate surface area is 211 Å². The van der Waals surface area contributed by atoms with E-state index in [9.17, 15) is 0 Å². The first-order valence-electron chi connectivity index (χ1n) is 12.1. The van der Waals surface area contributed by atoms with Crippen LogP contribution in [0.5, 0.6) is 23.0 Å². The Hall–Kier alpha value is -3.84. The van der Waals surface area contributed by atoms with Gasteiger partial charge in [-0.15, -0.1) is 0 Å². The number of furan rings is 1. The molecule has 4 aromatic rings. The second kappa shape index (κ2) is 10.4. The van der Waals surface area contributed by atoms with E-state index < -0.39 is 0 Å². The molecule has 0 radical (unpaired) electrons. The molecule has 0 amide bonds. The van der Waals surface area contributed by atoms with Gasteiger partial charge in [-0.05, 0) is 54.1 Å². The van der Waals surface area contributed by atoms with E-state index >= 15 is 0 Å². The lowest BCUT2D eigenvalue weighted by molar-refractivity contribution is 0.250. The number of hydrogen-bond donors (Lipinski definition) is 0. The first kappa shape index (κ1) is 23.9. The summed E-state index contributed by atoms with van der Waals surface area (Å²) in [6.07, 6.45) is 0. The van der Waals surface area contributed by atoms with Gasteiger partial charge in [0.2, 0.25) is 0 Å². The fourth-order valence-electron chi connectivity index (χ4n) is 4.78. The number of fused-ring (bicyclic) bond motifs is 1. The van der Waals surface area contributed by atoms with Gasteiger partial charge in [0, 0.05) is 55.4 Å². The molecule has 1 aromatic heterocycles. The Morgan fingerprint density at radius 3 is 2.06 bits per heavy atom. The zero-order valence-corrected chi connectivity index (χ0v) is 21.2. The van der Waals surface area contributed by atoms with E-state index in [1.54, 1.807) is 28.4 Å².